The third-order valence-electron chi connectivity index (χ3n) is 6.56. The van der Waals surface area contributed by atoms with Crippen molar-refractivity contribution in [3.63, 3.8) is 0 Å². The van der Waals surface area contributed by atoms with E-state index in [0.717, 1.165) is 0 Å². The number of nitrogen functional groups attached to an aromatic ring is 1. The molecule has 4 rings (SSSR count). The fourth-order valence-electron chi connectivity index (χ4n) is 4.70. The Labute approximate surface area is 188 Å². The number of likely N-dealkylation sites (N-methyl/N-ethyl adjacent to an activating group) is 1. The highest BCUT2D eigenvalue weighted by molar-refractivity contribution is 5.78. The van der Waals surface area contributed by atoms with Gasteiger partial charge in [0.25, 0.3) is 0 Å². The highest BCUT2D eigenvalue weighted by atomic mass is 19.1. The number of aromatic nitrogens is 2. The standard InChI is InChI=1S/C23H32F2N6O/c1-13-9-30(10-14(2)29(13)5)19-6-18(24)20(21(25)22(19)26)17-7-27-23(28-8-17)31-11-15(3)32-16(4)12-31/h6-8,13-16H,9-12,26H2,1-5H3/t13-,14+,15-,16+. The molecule has 3 heterocycles. The molecule has 7 nitrogen and oxygen atoms in total. The van der Waals surface area contributed by atoms with Gasteiger partial charge in [-0.2, -0.15) is 0 Å². The van der Waals surface area contributed by atoms with Crippen molar-refractivity contribution in [3.8, 4) is 11.1 Å². The first kappa shape index (κ1) is 22.7. The quantitative estimate of drug-likeness (QED) is 0.727. The molecule has 0 saturated carbocycles. The summed E-state index contributed by atoms with van der Waals surface area (Å²) < 4.78 is 36.2. The van der Waals surface area contributed by atoms with Crippen LogP contribution < -0.4 is 15.5 Å². The highest BCUT2D eigenvalue weighted by Crippen LogP contribution is 2.37. The highest BCUT2D eigenvalue weighted by Gasteiger charge is 2.30. The molecule has 0 spiro atoms. The van der Waals surface area contributed by atoms with Crippen molar-refractivity contribution in [2.75, 3.05) is 48.8 Å². The van der Waals surface area contributed by atoms with Gasteiger partial charge in [0.1, 0.15) is 5.82 Å². The molecule has 0 radical (unpaired) electrons. The van der Waals surface area contributed by atoms with E-state index in [2.05, 4.69) is 35.8 Å². The molecule has 2 N–H and O–H groups in total. The topological polar surface area (TPSA) is 70.8 Å². The summed E-state index contributed by atoms with van der Waals surface area (Å²) in [5, 5.41) is 0. The molecule has 2 aromatic rings. The summed E-state index contributed by atoms with van der Waals surface area (Å²) in [4.78, 5) is 15.0. The lowest BCUT2D eigenvalue weighted by molar-refractivity contribution is -0.00571. The predicted molar refractivity (Wildman–Crippen MR) is 123 cm³/mol. The number of benzene rings is 1. The van der Waals surface area contributed by atoms with Crippen molar-refractivity contribution in [2.24, 2.45) is 0 Å². The molecule has 9 heteroatoms. The van der Waals surface area contributed by atoms with Gasteiger partial charge >= 0.3 is 0 Å². The summed E-state index contributed by atoms with van der Waals surface area (Å²) >= 11 is 0. The zero-order valence-electron chi connectivity index (χ0n) is 19.3. The molecule has 2 saturated heterocycles. The summed E-state index contributed by atoms with van der Waals surface area (Å²) in [7, 11) is 2.06. The average Bonchev–Trinajstić information content (AvgIpc) is 2.74. The Bertz CT molecular complexity index is 950. The Morgan fingerprint density at radius 2 is 1.50 bits per heavy atom. The molecule has 174 valence electrons. The molecule has 0 amide bonds. The van der Waals surface area contributed by atoms with Crippen LogP contribution in [0.15, 0.2) is 18.5 Å². The zero-order valence-corrected chi connectivity index (χ0v) is 19.3. The lowest BCUT2D eigenvalue weighted by Crippen LogP contribution is -2.55. The summed E-state index contributed by atoms with van der Waals surface area (Å²) in [6.45, 7) is 10.8. The van der Waals surface area contributed by atoms with Gasteiger partial charge in [0.15, 0.2) is 5.82 Å². The van der Waals surface area contributed by atoms with Crippen LogP contribution in [0, 0.1) is 11.6 Å². The molecule has 0 bridgehead atoms. The third kappa shape index (κ3) is 4.23. The minimum Gasteiger partial charge on any atom is -0.395 e. The molecule has 2 fully saturated rings. The summed E-state index contributed by atoms with van der Waals surface area (Å²) in [5.41, 5.74) is 6.57. The van der Waals surface area contributed by atoms with Gasteiger partial charge in [-0.3, -0.25) is 4.90 Å². The average molecular weight is 447 g/mol. The molecule has 0 aliphatic carbocycles. The second kappa shape index (κ2) is 8.78. The zero-order chi connectivity index (χ0) is 23.2. The monoisotopic (exact) mass is 446 g/mol. The van der Waals surface area contributed by atoms with Crippen molar-refractivity contribution < 1.29 is 13.5 Å². The lowest BCUT2D eigenvalue weighted by atomic mass is 10.0. The molecular formula is C23H32F2N6O. The first-order chi connectivity index (χ1) is 15.2. The van der Waals surface area contributed by atoms with Crippen molar-refractivity contribution >= 4 is 17.3 Å². The number of anilines is 3. The van der Waals surface area contributed by atoms with E-state index < -0.39 is 11.6 Å². The van der Waals surface area contributed by atoms with Crippen LogP contribution in [0.3, 0.4) is 0 Å². The van der Waals surface area contributed by atoms with Crippen LogP contribution in [0.4, 0.5) is 26.1 Å². The fourth-order valence-corrected chi connectivity index (χ4v) is 4.70. The van der Waals surface area contributed by atoms with Crippen molar-refractivity contribution in [1.82, 2.24) is 14.9 Å². The van der Waals surface area contributed by atoms with E-state index in [4.69, 9.17) is 10.5 Å². The number of nitrogens with two attached hydrogens (primary N) is 1. The fraction of sp³-hybridized carbons (Fsp3) is 0.565. The minimum absolute atomic E-state index is 0.0507. The molecule has 2 aliphatic rings. The Balaban J connectivity index is 1.61. The Morgan fingerprint density at radius 1 is 0.938 bits per heavy atom. The molecule has 32 heavy (non-hydrogen) atoms. The van der Waals surface area contributed by atoms with Gasteiger partial charge < -0.3 is 20.3 Å². The maximum Gasteiger partial charge on any atom is 0.225 e. The Morgan fingerprint density at radius 3 is 2.06 bits per heavy atom. The summed E-state index contributed by atoms with van der Waals surface area (Å²) in [5.74, 6) is -0.929. The molecule has 2 aliphatic heterocycles. The SMILES string of the molecule is C[C@@H]1CN(c2ncc(-c3c(F)cc(N4C[C@@H](C)N(C)[C@@H](C)C4)c(N)c3F)cn2)C[C@H](C)O1. The number of hydrogen-bond donors (Lipinski definition) is 1. The first-order valence-electron chi connectivity index (χ1n) is 11.1. The smallest absolute Gasteiger partial charge is 0.225 e. The van der Waals surface area contributed by atoms with E-state index in [1.165, 1.54) is 18.5 Å². The number of halogens is 2. The van der Waals surface area contributed by atoms with Crippen molar-refractivity contribution in [2.45, 2.75) is 52.0 Å². The second-order valence-electron chi connectivity index (χ2n) is 9.18. The molecule has 0 unspecified atom stereocenters. The number of nitrogens with zero attached hydrogens (tertiary/aromatic N) is 5. The van der Waals surface area contributed by atoms with Crippen molar-refractivity contribution in [1.29, 1.82) is 0 Å². The lowest BCUT2D eigenvalue weighted by Gasteiger charge is -2.43. The number of ether oxygens (including phenoxy) is 1. The summed E-state index contributed by atoms with van der Waals surface area (Å²) in [6.07, 6.45) is 3.02. The Kier molecular flexibility index (Phi) is 6.22. The van der Waals surface area contributed by atoms with Gasteiger partial charge in [-0.25, -0.2) is 18.7 Å². The van der Waals surface area contributed by atoms with E-state index in [1.54, 1.807) is 0 Å². The number of morpholine rings is 1. The van der Waals surface area contributed by atoms with Gasteiger partial charge in [-0.15, -0.1) is 0 Å². The molecule has 4 atom stereocenters. The summed E-state index contributed by atoms with van der Waals surface area (Å²) in [6, 6.07) is 1.82. The van der Waals surface area contributed by atoms with Gasteiger partial charge in [-0.05, 0) is 34.7 Å². The maximum absolute atomic E-state index is 15.3. The van der Waals surface area contributed by atoms with E-state index in [1.807, 2.05) is 23.6 Å². The van der Waals surface area contributed by atoms with Crippen LogP contribution in [0.2, 0.25) is 0 Å². The van der Waals surface area contributed by atoms with E-state index in [9.17, 15) is 0 Å². The third-order valence-corrected chi connectivity index (χ3v) is 6.56. The largest absolute Gasteiger partial charge is 0.395 e. The second-order valence-corrected chi connectivity index (χ2v) is 9.18. The number of rotatable bonds is 3. The first-order valence-corrected chi connectivity index (χ1v) is 11.1. The van der Waals surface area contributed by atoms with Crippen molar-refractivity contribution in [3.05, 3.63) is 30.1 Å². The predicted octanol–water partition coefficient (Wildman–Crippen LogP) is 3.15. The van der Waals surface area contributed by atoms with Gasteiger partial charge in [-0.1, -0.05) is 0 Å². The van der Waals surface area contributed by atoms with E-state index >= 15 is 8.78 Å². The molecule has 1 aromatic heterocycles. The molecule has 1 aromatic carbocycles. The van der Waals surface area contributed by atoms with Crippen LogP contribution in [0.1, 0.15) is 27.7 Å². The number of piperazine rings is 1. The normalized spacial score (nSPS) is 27.1. The van der Waals surface area contributed by atoms with Crippen LogP contribution in [0.25, 0.3) is 11.1 Å². The Hall–Kier alpha value is -2.52. The van der Waals surface area contributed by atoms with E-state index in [0.29, 0.717) is 37.8 Å². The number of hydrogen-bond acceptors (Lipinski definition) is 7. The van der Waals surface area contributed by atoms with E-state index in [-0.39, 0.29) is 41.1 Å². The van der Waals surface area contributed by atoms with Gasteiger partial charge in [0.2, 0.25) is 5.95 Å². The van der Waals surface area contributed by atoms with Crippen LogP contribution in [-0.4, -0.2) is 72.4 Å². The minimum atomic E-state index is -0.774. The van der Waals surface area contributed by atoms with Crippen LogP contribution >= 0.6 is 0 Å². The van der Waals surface area contributed by atoms with Crippen LogP contribution in [-0.2, 0) is 4.74 Å². The van der Waals surface area contributed by atoms with Gasteiger partial charge in [0, 0.05) is 62.3 Å². The maximum atomic E-state index is 15.3. The van der Waals surface area contributed by atoms with Crippen LogP contribution in [0.5, 0.6) is 0 Å². The van der Waals surface area contributed by atoms with Gasteiger partial charge in [0.05, 0.1) is 29.1 Å². The molecular weight excluding hydrogens is 414 g/mol.